The van der Waals surface area contributed by atoms with Gasteiger partial charge in [-0.05, 0) is 61.6 Å². The number of rotatable bonds is 4. The number of benzene rings is 1. The van der Waals surface area contributed by atoms with E-state index in [1.807, 2.05) is 6.07 Å². The first-order valence-corrected chi connectivity index (χ1v) is 11.2. The van der Waals surface area contributed by atoms with Crippen molar-refractivity contribution >= 4 is 21.6 Å². The maximum absolute atomic E-state index is 12.9. The number of sulfonamides is 1. The van der Waals surface area contributed by atoms with Crippen LogP contribution in [0.4, 0.5) is 0 Å². The Morgan fingerprint density at radius 3 is 2.54 bits per heavy atom. The molecule has 0 spiro atoms. The van der Waals surface area contributed by atoms with Crippen LogP contribution in [0.5, 0.6) is 0 Å². The molecule has 1 aromatic rings. The van der Waals surface area contributed by atoms with E-state index in [0.717, 1.165) is 44.2 Å². The highest BCUT2D eigenvalue weighted by molar-refractivity contribution is 7.89. The number of nitrogens with two attached hydrogens (primary N) is 2. The molecule has 1 saturated heterocycles. The first kappa shape index (κ1) is 20.0. The summed E-state index contributed by atoms with van der Waals surface area (Å²) >= 11 is 6.25. The molecule has 1 heterocycles. The van der Waals surface area contributed by atoms with Crippen LogP contribution in [-0.2, 0) is 10.0 Å². The molecule has 0 radical (unpaired) electrons. The van der Waals surface area contributed by atoms with Crippen molar-refractivity contribution in [3.63, 3.8) is 0 Å². The maximum Gasteiger partial charge on any atom is 0.242 e. The predicted octanol–water partition coefficient (Wildman–Crippen LogP) is 1.89. The Morgan fingerprint density at radius 2 is 1.88 bits per heavy atom. The SMILES string of the molecule is CC1CC(N)NCC1c1ccc(Cl)c(S(=O)(=O)N[C@H]2CC[C@@H](N)CC2)c1. The van der Waals surface area contributed by atoms with Gasteiger partial charge in [0.25, 0.3) is 0 Å². The van der Waals surface area contributed by atoms with Crippen molar-refractivity contribution in [2.45, 2.75) is 68.1 Å². The van der Waals surface area contributed by atoms with E-state index in [9.17, 15) is 8.42 Å². The minimum atomic E-state index is -3.67. The summed E-state index contributed by atoms with van der Waals surface area (Å²) in [7, 11) is -3.67. The van der Waals surface area contributed by atoms with Crippen LogP contribution in [0.3, 0.4) is 0 Å². The molecular weight excluding hydrogens is 372 g/mol. The van der Waals surface area contributed by atoms with Gasteiger partial charge in [-0.1, -0.05) is 24.6 Å². The first-order valence-electron chi connectivity index (χ1n) is 9.32. The Bertz CT molecular complexity index is 735. The molecular formula is C18H29ClN4O2S. The number of nitrogens with one attached hydrogen (secondary N) is 2. The second kappa shape index (κ2) is 8.12. The molecule has 26 heavy (non-hydrogen) atoms. The van der Waals surface area contributed by atoms with Gasteiger partial charge in [-0.3, -0.25) is 0 Å². The topological polar surface area (TPSA) is 110 Å². The summed E-state index contributed by atoms with van der Waals surface area (Å²) in [6.45, 7) is 2.88. The molecule has 1 aliphatic heterocycles. The quantitative estimate of drug-likeness (QED) is 0.616. The molecule has 0 bridgehead atoms. The van der Waals surface area contributed by atoms with Crippen molar-refractivity contribution in [1.82, 2.24) is 10.0 Å². The van der Waals surface area contributed by atoms with Crippen molar-refractivity contribution < 1.29 is 8.42 Å². The molecule has 3 rings (SSSR count). The van der Waals surface area contributed by atoms with Gasteiger partial charge in [0.1, 0.15) is 4.90 Å². The van der Waals surface area contributed by atoms with E-state index in [1.165, 1.54) is 0 Å². The Labute approximate surface area is 161 Å². The second-order valence-corrected chi connectivity index (χ2v) is 9.85. The van der Waals surface area contributed by atoms with Crippen molar-refractivity contribution in [1.29, 1.82) is 0 Å². The van der Waals surface area contributed by atoms with Gasteiger partial charge in [0.2, 0.25) is 10.0 Å². The molecule has 1 aliphatic carbocycles. The third-order valence-corrected chi connectivity index (χ3v) is 7.68. The molecule has 146 valence electrons. The molecule has 3 atom stereocenters. The summed E-state index contributed by atoms with van der Waals surface area (Å²) in [4.78, 5) is 0.161. The van der Waals surface area contributed by atoms with Gasteiger partial charge in [0.15, 0.2) is 0 Å². The number of piperidine rings is 1. The largest absolute Gasteiger partial charge is 0.328 e. The number of hydrogen-bond acceptors (Lipinski definition) is 5. The molecule has 1 aromatic carbocycles. The van der Waals surface area contributed by atoms with E-state index in [-0.39, 0.29) is 34.1 Å². The third kappa shape index (κ3) is 4.58. The first-order chi connectivity index (χ1) is 12.3. The fourth-order valence-corrected chi connectivity index (χ4v) is 5.89. The highest BCUT2D eigenvalue weighted by atomic mass is 35.5. The molecule has 0 aromatic heterocycles. The Balaban J connectivity index is 1.80. The fraction of sp³-hybridized carbons (Fsp3) is 0.667. The van der Waals surface area contributed by atoms with Crippen LogP contribution in [0.1, 0.15) is 50.5 Å². The summed E-state index contributed by atoms with van der Waals surface area (Å²) in [6, 6.07) is 5.42. The third-order valence-electron chi connectivity index (χ3n) is 5.68. The molecule has 0 amide bonds. The summed E-state index contributed by atoms with van der Waals surface area (Å²) in [5, 5.41) is 3.52. The lowest BCUT2D eigenvalue weighted by Gasteiger charge is -2.34. The number of halogens is 1. The fourth-order valence-electron chi connectivity index (χ4n) is 4.05. The normalized spacial score (nSPS) is 33.2. The van der Waals surface area contributed by atoms with E-state index in [4.69, 9.17) is 23.1 Å². The van der Waals surface area contributed by atoms with Crippen LogP contribution < -0.4 is 21.5 Å². The van der Waals surface area contributed by atoms with Crippen molar-refractivity contribution in [2.24, 2.45) is 17.4 Å². The van der Waals surface area contributed by atoms with E-state index in [2.05, 4.69) is 17.0 Å². The van der Waals surface area contributed by atoms with Gasteiger partial charge in [-0.15, -0.1) is 0 Å². The van der Waals surface area contributed by atoms with E-state index >= 15 is 0 Å². The standard InChI is InChI=1S/C18H29ClN4O2S/c1-11-8-18(21)22-10-15(11)12-2-7-16(19)17(9-12)26(24,25)23-14-5-3-13(20)4-6-14/h2,7,9,11,13-15,18,22-23H,3-6,8,10,20-21H2,1H3/t11?,13-,14+,15?,18?. The molecule has 1 saturated carbocycles. The Kier molecular flexibility index (Phi) is 6.26. The van der Waals surface area contributed by atoms with Gasteiger partial charge in [-0.25, -0.2) is 13.1 Å². The van der Waals surface area contributed by atoms with E-state index < -0.39 is 10.0 Å². The lowest BCUT2D eigenvalue weighted by molar-refractivity contribution is 0.286. The summed E-state index contributed by atoms with van der Waals surface area (Å²) in [6.07, 6.45) is 4.06. The average Bonchev–Trinajstić information content (AvgIpc) is 2.57. The van der Waals surface area contributed by atoms with E-state index in [0.29, 0.717) is 5.92 Å². The lowest BCUT2D eigenvalue weighted by Crippen LogP contribution is -2.47. The number of hydrogen-bond donors (Lipinski definition) is 4. The van der Waals surface area contributed by atoms with Crippen LogP contribution in [0.2, 0.25) is 5.02 Å². The van der Waals surface area contributed by atoms with Gasteiger partial charge >= 0.3 is 0 Å². The Hall–Kier alpha value is -0.700. The minimum absolute atomic E-state index is 0.00362. The van der Waals surface area contributed by atoms with Crippen molar-refractivity contribution in [2.75, 3.05) is 6.54 Å². The predicted molar refractivity (Wildman–Crippen MR) is 105 cm³/mol. The van der Waals surface area contributed by atoms with Gasteiger partial charge in [0, 0.05) is 18.6 Å². The van der Waals surface area contributed by atoms with Crippen molar-refractivity contribution in [3.05, 3.63) is 28.8 Å². The highest BCUT2D eigenvalue weighted by Gasteiger charge is 2.30. The van der Waals surface area contributed by atoms with E-state index in [1.54, 1.807) is 12.1 Å². The van der Waals surface area contributed by atoms with Gasteiger partial charge < -0.3 is 16.8 Å². The Morgan fingerprint density at radius 1 is 1.19 bits per heavy atom. The summed E-state index contributed by atoms with van der Waals surface area (Å²) < 4.78 is 28.6. The van der Waals surface area contributed by atoms with Crippen LogP contribution >= 0.6 is 11.6 Å². The molecule has 6 nitrogen and oxygen atoms in total. The molecule has 2 fully saturated rings. The lowest BCUT2D eigenvalue weighted by atomic mass is 9.82. The summed E-state index contributed by atoms with van der Waals surface area (Å²) in [5.41, 5.74) is 12.8. The van der Waals surface area contributed by atoms with Gasteiger partial charge in [-0.2, -0.15) is 0 Å². The smallest absolute Gasteiger partial charge is 0.242 e. The molecule has 8 heteroatoms. The highest BCUT2D eigenvalue weighted by Crippen LogP contribution is 2.33. The van der Waals surface area contributed by atoms with Crippen LogP contribution in [0.15, 0.2) is 23.1 Å². The van der Waals surface area contributed by atoms with Gasteiger partial charge in [0.05, 0.1) is 11.2 Å². The molecule has 2 aliphatic rings. The second-order valence-electron chi connectivity index (χ2n) is 7.76. The van der Waals surface area contributed by atoms with Crippen LogP contribution in [0.25, 0.3) is 0 Å². The van der Waals surface area contributed by atoms with Crippen LogP contribution in [0, 0.1) is 5.92 Å². The van der Waals surface area contributed by atoms with Crippen molar-refractivity contribution in [3.8, 4) is 0 Å². The molecule has 3 unspecified atom stereocenters. The monoisotopic (exact) mass is 400 g/mol. The zero-order valence-electron chi connectivity index (χ0n) is 15.1. The maximum atomic E-state index is 12.9. The average molecular weight is 401 g/mol. The minimum Gasteiger partial charge on any atom is -0.328 e. The molecule has 6 N–H and O–H groups in total. The zero-order chi connectivity index (χ0) is 18.9. The zero-order valence-corrected chi connectivity index (χ0v) is 16.7. The van der Waals surface area contributed by atoms with Crippen LogP contribution in [-0.4, -0.2) is 33.2 Å². The summed E-state index contributed by atoms with van der Waals surface area (Å²) in [5.74, 6) is 0.587.